The monoisotopic (exact) mass is 345 g/mol. The van der Waals surface area contributed by atoms with E-state index in [0.29, 0.717) is 24.7 Å². The molecule has 24 heavy (non-hydrogen) atoms. The zero-order valence-corrected chi connectivity index (χ0v) is 15.0. The number of H-pyrrole nitrogens is 1. The Balaban J connectivity index is 1.62. The van der Waals surface area contributed by atoms with Gasteiger partial charge in [0.25, 0.3) is 5.56 Å². The lowest BCUT2D eigenvalue weighted by molar-refractivity contribution is -0.128. The molecule has 2 aromatic heterocycles. The lowest BCUT2D eigenvalue weighted by Gasteiger charge is -2.30. The molecule has 0 spiro atoms. The SMILES string of the molecule is CCc1c(C)sc2nc(C3CC(=O)N(CC4CCC4)C3)[nH]c(=O)c12. The number of hydrogen-bond acceptors (Lipinski definition) is 4. The van der Waals surface area contributed by atoms with E-state index >= 15 is 0 Å². The molecule has 1 saturated carbocycles. The van der Waals surface area contributed by atoms with E-state index in [1.807, 2.05) is 11.8 Å². The van der Waals surface area contributed by atoms with Crippen molar-refractivity contribution < 1.29 is 4.79 Å². The number of fused-ring (bicyclic) bond motifs is 1. The predicted octanol–water partition coefficient (Wildman–Crippen LogP) is 2.97. The minimum atomic E-state index is -0.0545. The molecule has 2 fully saturated rings. The average molecular weight is 345 g/mol. The highest BCUT2D eigenvalue weighted by molar-refractivity contribution is 7.18. The lowest BCUT2D eigenvalue weighted by atomic mass is 9.85. The zero-order valence-electron chi connectivity index (χ0n) is 14.2. The van der Waals surface area contributed by atoms with E-state index in [1.165, 1.54) is 19.3 Å². The Morgan fingerprint density at radius 2 is 2.12 bits per heavy atom. The fraction of sp³-hybridized carbons (Fsp3) is 0.611. The molecule has 0 bridgehead atoms. The first-order valence-corrected chi connectivity index (χ1v) is 9.68. The van der Waals surface area contributed by atoms with Crippen molar-refractivity contribution in [3.8, 4) is 0 Å². The van der Waals surface area contributed by atoms with Crippen LogP contribution in [-0.4, -0.2) is 33.9 Å². The van der Waals surface area contributed by atoms with Crippen molar-refractivity contribution in [2.24, 2.45) is 5.92 Å². The second-order valence-electron chi connectivity index (χ2n) is 7.12. The molecule has 4 rings (SSSR count). The fourth-order valence-electron chi connectivity index (χ4n) is 3.93. The van der Waals surface area contributed by atoms with Gasteiger partial charge in [-0.1, -0.05) is 13.3 Å². The van der Waals surface area contributed by atoms with E-state index < -0.39 is 0 Å². The number of aromatic amines is 1. The van der Waals surface area contributed by atoms with E-state index in [-0.39, 0.29) is 17.4 Å². The Morgan fingerprint density at radius 3 is 2.79 bits per heavy atom. The maximum atomic E-state index is 12.6. The average Bonchev–Trinajstić information content (AvgIpc) is 3.02. The van der Waals surface area contributed by atoms with E-state index in [9.17, 15) is 9.59 Å². The molecule has 0 radical (unpaired) electrons. The first-order chi connectivity index (χ1) is 11.6. The number of hydrogen-bond donors (Lipinski definition) is 1. The van der Waals surface area contributed by atoms with Gasteiger partial charge in [0.05, 0.1) is 5.39 Å². The summed E-state index contributed by atoms with van der Waals surface area (Å²) in [5, 5.41) is 0.736. The quantitative estimate of drug-likeness (QED) is 0.926. The minimum absolute atomic E-state index is 0.0159. The molecular formula is C18H23N3O2S. The summed E-state index contributed by atoms with van der Waals surface area (Å²) in [5.74, 6) is 1.57. The number of likely N-dealkylation sites (tertiary alicyclic amines) is 1. The third-order valence-electron chi connectivity index (χ3n) is 5.54. The number of rotatable bonds is 4. The van der Waals surface area contributed by atoms with Crippen LogP contribution in [-0.2, 0) is 11.2 Å². The molecule has 5 nitrogen and oxygen atoms in total. The summed E-state index contributed by atoms with van der Waals surface area (Å²) in [6.07, 6.45) is 5.08. The number of carbonyl (C=O) groups excluding carboxylic acids is 1. The van der Waals surface area contributed by atoms with Crippen molar-refractivity contribution in [1.82, 2.24) is 14.9 Å². The van der Waals surface area contributed by atoms with Crippen LogP contribution in [0, 0.1) is 12.8 Å². The topological polar surface area (TPSA) is 66.1 Å². The molecule has 1 amide bonds. The summed E-state index contributed by atoms with van der Waals surface area (Å²) in [6.45, 7) is 5.67. The van der Waals surface area contributed by atoms with Gasteiger partial charge in [-0.2, -0.15) is 0 Å². The second kappa shape index (κ2) is 5.99. The van der Waals surface area contributed by atoms with Gasteiger partial charge >= 0.3 is 0 Å². The highest BCUT2D eigenvalue weighted by Gasteiger charge is 2.34. The van der Waals surface area contributed by atoms with Gasteiger partial charge in [-0.25, -0.2) is 4.98 Å². The van der Waals surface area contributed by atoms with E-state index in [0.717, 1.165) is 33.6 Å². The first kappa shape index (κ1) is 15.8. The van der Waals surface area contributed by atoms with Crippen molar-refractivity contribution in [2.75, 3.05) is 13.1 Å². The molecule has 1 saturated heterocycles. The third kappa shape index (κ3) is 2.57. The molecule has 1 unspecified atom stereocenters. The molecule has 128 valence electrons. The largest absolute Gasteiger partial charge is 0.342 e. The molecular weight excluding hydrogens is 322 g/mol. The molecule has 3 heterocycles. The van der Waals surface area contributed by atoms with Gasteiger partial charge < -0.3 is 9.88 Å². The van der Waals surface area contributed by atoms with E-state index in [1.54, 1.807) is 11.3 Å². The molecule has 1 N–H and O–H groups in total. The van der Waals surface area contributed by atoms with Crippen molar-refractivity contribution in [3.05, 3.63) is 26.6 Å². The summed E-state index contributed by atoms with van der Waals surface area (Å²) in [7, 11) is 0. The Labute approximate surface area is 145 Å². The van der Waals surface area contributed by atoms with Gasteiger partial charge in [-0.3, -0.25) is 9.59 Å². The molecule has 1 aliphatic heterocycles. The number of amides is 1. The van der Waals surface area contributed by atoms with Crippen molar-refractivity contribution in [3.63, 3.8) is 0 Å². The smallest absolute Gasteiger partial charge is 0.259 e. The summed E-state index contributed by atoms with van der Waals surface area (Å²) < 4.78 is 0. The molecule has 1 aliphatic carbocycles. The number of nitrogens with zero attached hydrogens (tertiary/aromatic N) is 2. The van der Waals surface area contributed by atoms with E-state index in [2.05, 4.69) is 11.9 Å². The number of carbonyl (C=O) groups is 1. The summed E-state index contributed by atoms with van der Waals surface area (Å²) in [6, 6.07) is 0. The molecule has 2 aliphatic rings. The van der Waals surface area contributed by atoms with Gasteiger partial charge in [0, 0.05) is 30.3 Å². The van der Waals surface area contributed by atoms with Gasteiger partial charge in [0.2, 0.25) is 5.91 Å². The number of thiophene rings is 1. The first-order valence-electron chi connectivity index (χ1n) is 8.86. The van der Waals surface area contributed by atoms with Crippen LogP contribution >= 0.6 is 11.3 Å². The highest BCUT2D eigenvalue weighted by atomic mass is 32.1. The minimum Gasteiger partial charge on any atom is -0.342 e. The summed E-state index contributed by atoms with van der Waals surface area (Å²) in [5.41, 5.74) is 1.05. The Morgan fingerprint density at radius 1 is 1.33 bits per heavy atom. The molecule has 0 aromatic carbocycles. The maximum Gasteiger partial charge on any atom is 0.259 e. The third-order valence-corrected chi connectivity index (χ3v) is 6.58. The Hall–Kier alpha value is -1.69. The van der Waals surface area contributed by atoms with E-state index in [4.69, 9.17) is 4.98 Å². The van der Waals surface area contributed by atoms with Gasteiger partial charge in [-0.15, -0.1) is 11.3 Å². The number of nitrogens with one attached hydrogen (secondary N) is 1. The van der Waals surface area contributed by atoms with Gasteiger partial charge in [0.15, 0.2) is 0 Å². The molecule has 2 aromatic rings. The van der Waals surface area contributed by atoms with Gasteiger partial charge in [0.1, 0.15) is 10.7 Å². The van der Waals surface area contributed by atoms with Crippen LogP contribution in [0.1, 0.15) is 54.8 Å². The Kier molecular flexibility index (Phi) is 3.95. The lowest BCUT2D eigenvalue weighted by Crippen LogP contribution is -2.33. The molecule has 1 atom stereocenters. The predicted molar refractivity (Wildman–Crippen MR) is 95.6 cm³/mol. The van der Waals surface area contributed by atoms with Crippen LogP contribution in [0.15, 0.2) is 4.79 Å². The normalized spacial score (nSPS) is 21.7. The van der Waals surface area contributed by atoms with Crippen LogP contribution in [0.2, 0.25) is 0 Å². The van der Waals surface area contributed by atoms with Gasteiger partial charge in [-0.05, 0) is 37.7 Å². The van der Waals surface area contributed by atoms with Crippen LogP contribution < -0.4 is 5.56 Å². The summed E-state index contributed by atoms with van der Waals surface area (Å²) >= 11 is 1.59. The van der Waals surface area contributed by atoms with Crippen molar-refractivity contribution in [2.45, 2.75) is 51.9 Å². The van der Waals surface area contributed by atoms with Crippen molar-refractivity contribution in [1.29, 1.82) is 0 Å². The number of aromatic nitrogens is 2. The second-order valence-corrected chi connectivity index (χ2v) is 8.32. The van der Waals surface area contributed by atoms with Crippen LogP contribution in [0.4, 0.5) is 0 Å². The summed E-state index contributed by atoms with van der Waals surface area (Å²) in [4.78, 5) is 36.5. The van der Waals surface area contributed by atoms with Crippen LogP contribution in [0.3, 0.4) is 0 Å². The maximum absolute atomic E-state index is 12.6. The number of aryl methyl sites for hydroxylation is 2. The van der Waals surface area contributed by atoms with Crippen LogP contribution in [0.25, 0.3) is 10.2 Å². The molecule has 6 heteroatoms. The van der Waals surface area contributed by atoms with Crippen LogP contribution in [0.5, 0.6) is 0 Å². The van der Waals surface area contributed by atoms with Crippen molar-refractivity contribution >= 4 is 27.5 Å². The standard InChI is InChI=1S/C18H23N3O2S/c1-3-13-10(2)24-18-15(13)17(23)19-16(20-18)12-7-14(22)21(9-12)8-11-5-4-6-11/h11-12H,3-9H2,1-2H3,(H,19,20,23). The fourth-order valence-corrected chi connectivity index (χ4v) is 5.05. The Bertz CT molecular complexity index is 850. The highest BCUT2D eigenvalue weighted by Crippen LogP contribution is 2.33. The zero-order chi connectivity index (χ0) is 16.8.